The molecule has 2 N–H and O–H groups in total. The van der Waals surface area contributed by atoms with Crippen LogP contribution in [0.15, 0.2) is 30.3 Å². The van der Waals surface area contributed by atoms with Crippen LogP contribution in [0.2, 0.25) is 0 Å². The van der Waals surface area contributed by atoms with E-state index in [-0.39, 0.29) is 23.5 Å². The van der Waals surface area contributed by atoms with E-state index in [0.29, 0.717) is 16.4 Å². The molecule has 0 unspecified atom stereocenters. The molecule has 6 heteroatoms. The summed E-state index contributed by atoms with van der Waals surface area (Å²) in [5, 5.41) is 6.37. The number of aryl methyl sites for hydroxylation is 1. The number of thiophene rings is 1. The van der Waals surface area contributed by atoms with E-state index in [4.69, 9.17) is 0 Å². The highest BCUT2D eigenvalue weighted by molar-refractivity contribution is 7.18. The minimum Gasteiger partial charge on any atom is -0.347 e. The number of amides is 2. The molecule has 0 bridgehead atoms. The van der Waals surface area contributed by atoms with Crippen LogP contribution in [0.25, 0.3) is 0 Å². The summed E-state index contributed by atoms with van der Waals surface area (Å²) in [6, 6.07) is 7.82. The van der Waals surface area contributed by atoms with Gasteiger partial charge in [0.05, 0.1) is 9.88 Å². The van der Waals surface area contributed by atoms with Crippen LogP contribution in [0.5, 0.6) is 0 Å². The molecular formula is C17H17FN2O2S. The molecule has 1 fully saturated rings. The van der Waals surface area contributed by atoms with Crippen molar-refractivity contribution in [3.8, 4) is 0 Å². The van der Waals surface area contributed by atoms with Crippen LogP contribution in [-0.2, 0) is 11.3 Å². The van der Waals surface area contributed by atoms with Gasteiger partial charge in [0, 0.05) is 12.5 Å². The van der Waals surface area contributed by atoms with E-state index in [1.54, 1.807) is 12.1 Å². The fraction of sp³-hybridized carbons (Fsp3) is 0.294. The third-order valence-electron chi connectivity index (χ3n) is 3.68. The second-order valence-electron chi connectivity index (χ2n) is 5.70. The van der Waals surface area contributed by atoms with Crippen molar-refractivity contribution in [2.45, 2.75) is 26.3 Å². The molecular weight excluding hydrogens is 315 g/mol. The summed E-state index contributed by atoms with van der Waals surface area (Å²) in [6.07, 6.45) is 1.89. The first-order chi connectivity index (χ1) is 11.0. The predicted molar refractivity (Wildman–Crippen MR) is 88.0 cm³/mol. The van der Waals surface area contributed by atoms with Gasteiger partial charge in [0.1, 0.15) is 5.82 Å². The Morgan fingerprint density at radius 1 is 1.26 bits per heavy atom. The highest BCUT2D eigenvalue weighted by Crippen LogP contribution is 2.32. The molecule has 2 aromatic rings. The Morgan fingerprint density at radius 3 is 2.61 bits per heavy atom. The van der Waals surface area contributed by atoms with Crippen LogP contribution in [-0.4, -0.2) is 11.8 Å². The van der Waals surface area contributed by atoms with Crippen molar-refractivity contribution in [1.82, 2.24) is 5.32 Å². The molecule has 1 saturated carbocycles. The van der Waals surface area contributed by atoms with Crippen LogP contribution in [0.1, 0.15) is 33.6 Å². The maximum atomic E-state index is 12.9. The predicted octanol–water partition coefficient (Wildman–Crippen LogP) is 3.47. The minimum atomic E-state index is -0.301. The van der Waals surface area contributed by atoms with Crippen molar-refractivity contribution in [3.63, 3.8) is 0 Å². The van der Waals surface area contributed by atoms with Gasteiger partial charge >= 0.3 is 0 Å². The topological polar surface area (TPSA) is 58.2 Å². The molecule has 1 aromatic heterocycles. The van der Waals surface area contributed by atoms with E-state index < -0.39 is 0 Å². The van der Waals surface area contributed by atoms with E-state index in [1.807, 2.05) is 13.0 Å². The van der Waals surface area contributed by atoms with Gasteiger partial charge in [-0.15, -0.1) is 11.3 Å². The summed E-state index contributed by atoms with van der Waals surface area (Å²) in [7, 11) is 0. The van der Waals surface area contributed by atoms with Gasteiger partial charge in [0.2, 0.25) is 5.91 Å². The molecule has 1 aromatic carbocycles. The highest BCUT2D eigenvalue weighted by Gasteiger charge is 2.30. The molecule has 120 valence electrons. The van der Waals surface area contributed by atoms with E-state index in [2.05, 4.69) is 10.6 Å². The molecule has 3 rings (SSSR count). The van der Waals surface area contributed by atoms with E-state index in [0.717, 1.165) is 24.0 Å². The van der Waals surface area contributed by atoms with Crippen molar-refractivity contribution in [2.75, 3.05) is 5.32 Å². The van der Waals surface area contributed by atoms with Crippen molar-refractivity contribution in [2.24, 2.45) is 5.92 Å². The van der Waals surface area contributed by atoms with Gasteiger partial charge in [-0.1, -0.05) is 12.1 Å². The molecule has 1 aliphatic rings. The maximum absolute atomic E-state index is 12.9. The molecule has 1 heterocycles. The molecule has 1 aliphatic carbocycles. The van der Waals surface area contributed by atoms with Crippen LogP contribution in [0, 0.1) is 18.7 Å². The molecule has 4 nitrogen and oxygen atoms in total. The molecule has 0 spiro atoms. The van der Waals surface area contributed by atoms with Crippen LogP contribution >= 0.6 is 11.3 Å². The average molecular weight is 332 g/mol. The lowest BCUT2D eigenvalue weighted by atomic mass is 10.2. The number of benzene rings is 1. The first-order valence-corrected chi connectivity index (χ1v) is 8.28. The zero-order chi connectivity index (χ0) is 16.4. The maximum Gasteiger partial charge on any atom is 0.261 e. The standard InChI is InChI=1S/C17H17FN2O2S/c1-10-8-14(20-16(21)12-4-5-12)23-15(10)17(22)19-9-11-2-6-13(18)7-3-11/h2-3,6-8,12H,4-5,9H2,1H3,(H,19,22)(H,20,21). The lowest BCUT2D eigenvalue weighted by Gasteiger charge is -2.04. The van der Waals surface area contributed by atoms with E-state index in [9.17, 15) is 14.0 Å². The fourth-order valence-corrected chi connectivity index (χ4v) is 3.20. The second-order valence-corrected chi connectivity index (χ2v) is 6.75. The largest absolute Gasteiger partial charge is 0.347 e. The fourth-order valence-electron chi connectivity index (χ4n) is 2.20. The number of carbonyl (C=O) groups excluding carboxylic acids is 2. The van der Waals surface area contributed by atoms with Crippen LogP contribution in [0.4, 0.5) is 9.39 Å². The molecule has 0 aliphatic heterocycles. The van der Waals surface area contributed by atoms with Gasteiger partial charge in [0.15, 0.2) is 0 Å². The Balaban J connectivity index is 1.61. The summed E-state index contributed by atoms with van der Waals surface area (Å²) >= 11 is 1.27. The Morgan fingerprint density at radius 2 is 1.96 bits per heavy atom. The van der Waals surface area contributed by atoms with Gasteiger partial charge in [0.25, 0.3) is 5.91 Å². The monoisotopic (exact) mass is 332 g/mol. The number of hydrogen-bond acceptors (Lipinski definition) is 3. The van der Waals surface area contributed by atoms with Crippen LogP contribution in [0.3, 0.4) is 0 Å². The Hall–Kier alpha value is -2.21. The zero-order valence-corrected chi connectivity index (χ0v) is 13.5. The lowest BCUT2D eigenvalue weighted by Crippen LogP contribution is -2.22. The SMILES string of the molecule is Cc1cc(NC(=O)C2CC2)sc1C(=O)NCc1ccc(F)cc1. The molecule has 0 atom stereocenters. The lowest BCUT2D eigenvalue weighted by molar-refractivity contribution is -0.117. The third-order valence-corrected chi connectivity index (χ3v) is 4.84. The van der Waals surface area contributed by atoms with Crippen molar-refractivity contribution >= 4 is 28.2 Å². The van der Waals surface area contributed by atoms with Crippen molar-refractivity contribution in [1.29, 1.82) is 0 Å². The van der Waals surface area contributed by atoms with Gasteiger partial charge in [-0.2, -0.15) is 0 Å². The molecule has 2 amide bonds. The highest BCUT2D eigenvalue weighted by atomic mass is 32.1. The first kappa shape index (κ1) is 15.7. The number of rotatable bonds is 5. The van der Waals surface area contributed by atoms with Gasteiger partial charge in [-0.3, -0.25) is 9.59 Å². The number of hydrogen-bond donors (Lipinski definition) is 2. The number of halogens is 1. The number of carbonyl (C=O) groups is 2. The summed E-state index contributed by atoms with van der Waals surface area (Å²) < 4.78 is 12.9. The minimum absolute atomic E-state index is 0.0320. The zero-order valence-electron chi connectivity index (χ0n) is 12.7. The van der Waals surface area contributed by atoms with Gasteiger partial charge in [-0.05, 0) is 49.1 Å². The smallest absolute Gasteiger partial charge is 0.261 e. The summed E-state index contributed by atoms with van der Waals surface area (Å²) in [5.41, 5.74) is 1.66. The molecule has 0 radical (unpaired) electrons. The van der Waals surface area contributed by atoms with Crippen molar-refractivity contribution < 1.29 is 14.0 Å². The summed E-state index contributed by atoms with van der Waals surface area (Å²) in [6.45, 7) is 2.18. The van der Waals surface area contributed by atoms with E-state index >= 15 is 0 Å². The second kappa shape index (κ2) is 6.50. The van der Waals surface area contributed by atoms with Crippen molar-refractivity contribution in [3.05, 3.63) is 52.2 Å². The quantitative estimate of drug-likeness (QED) is 0.881. The number of nitrogens with one attached hydrogen (secondary N) is 2. The summed E-state index contributed by atoms with van der Waals surface area (Å²) in [4.78, 5) is 24.6. The third kappa shape index (κ3) is 3.96. The van der Waals surface area contributed by atoms with Gasteiger partial charge in [-0.25, -0.2) is 4.39 Å². The van der Waals surface area contributed by atoms with E-state index in [1.165, 1.54) is 23.5 Å². The Labute approximate surface area is 137 Å². The first-order valence-electron chi connectivity index (χ1n) is 7.47. The van der Waals surface area contributed by atoms with Crippen LogP contribution < -0.4 is 10.6 Å². The van der Waals surface area contributed by atoms with Gasteiger partial charge < -0.3 is 10.6 Å². The Kier molecular flexibility index (Phi) is 4.43. The Bertz CT molecular complexity index is 736. The number of anilines is 1. The average Bonchev–Trinajstić information content (AvgIpc) is 3.31. The molecule has 0 saturated heterocycles. The molecule has 23 heavy (non-hydrogen) atoms. The normalized spacial score (nSPS) is 13.7. The summed E-state index contributed by atoms with van der Waals surface area (Å²) in [5.74, 6) is -0.327.